The van der Waals surface area contributed by atoms with Gasteiger partial charge < -0.3 is 5.32 Å². The lowest BCUT2D eigenvalue weighted by Gasteiger charge is -1.90. The molecule has 0 fully saturated rings. The maximum Gasteiger partial charge on any atom is 0.228 e. The zero-order valence-corrected chi connectivity index (χ0v) is 4.48. The van der Waals surface area contributed by atoms with Crippen LogP contribution in [0.25, 0.3) is 0 Å². The number of rotatable bonds is 1. The molecular weight excluding hydrogens is 102 g/mol. The highest BCUT2D eigenvalue weighted by atomic mass is 16.1. The van der Waals surface area contributed by atoms with Gasteiger partial charge in [-0.25, -0.2) is 0 Å². The first-order chi connectivity index (χ1) is 3.83. The van der Waals surface area contributed by atoms with Gasteiger partial charge in [0.25, 0.3) is 0 Å². The molecule has 1 N–H and O–H groups in total. The summed E-state index contributed by atoms with van der Waals surface area (Å²) in [5.74, 6) is 0.0555. The Hall–Kier alpha value is -1.05. The van der Waals surface area contributed by atoms with Crippen LogP contribution in [0.1, 0.15) is 6.42 Å². The molecule has 2 nitrogen and oxygen atoms in total. The summed E-state index contributed by atoms with van der Waals surface area (Å²) in [6.07, 6.45) is 3.95. The van der Waals surface area contributed by atoms with Crippen LogP contribution < -0.4 is 5.32 Å². The number of nitrogens with one attached hydrogen (secondary N) is 1. The normalized spacial score (nSPS) is 17.5. The fraction of sp³-hybridized carbons (Fsp3) is 0.167. The summed E-state index contributed by atoms with van der Waals surface area (Å²) in [5, 5.41) is 2.61. The van der Waals surface area contributed by atoms with Crippen molar-refractivity contribution in [2.24, 2.45) is 0 Å². The number of carbonyl (C=O) groups is 1. The van der Waals surface area contributed by atoms with E-state index in [4.69, 9.17) is 0 Å². The predicted octanol–water partition coefficient (Wildman–Crippen LogP) is 0.576. The summed E-state index contributed by atoms with van der Waals surface area (Å²) in [5.41, 5.74) is 0.829. The van der Waals surface area contributed by atoms with Gasteiger partial charge in [0.1, 0.15) is 0 Å². The zero-order chi connectivity index (χ0) is 5.98. The molecule has 0 bridgehead atoms. The van der Waals surface area contributed by atoms with E-state index in [0.717, 1.165) is 5.70 Å². The molecule has 1 rings (SSSR count). The van der Waals surface area contributed by atoms with Crippen LogP contribution in [-0.2, 0) is 4.79 Å². The van der Waals surface area contributed by atoms with Crippen molar-refractivity contribution in [1.29, 1.82) is 0 Å². The molecule has 2 heteroatoms. The number of amides is 1. The van der Waals surface area contributed by atoms with Crippen molar-refractivity contribution >= 4 is 5.91 Å². The summed E-state index contributed by atoms with van der Waals surface area (Å²) in [6, 6.07) is 0. The average Bonchev–Trinajstić information content (AvgIpc) is 2.14. The van der Waals surface area contributed by atoms with Gasteiger partial charge in [-0.15, -0.1) is 0 Å². The van der Waals surface area contributed by atoms with Gasteiger partial charge in [-0.05, 0) is 6.08 Å². The fourth-order valence-electron chi connectivity index (χ4n) is 0.600. The largest absolute Gasteiger partial charge is 0.326 e. The topological polar surface area (TPSA) is 29.1 Å². The fourth-order valence-corrected chi connectivity index (χ4v) is 0.600. The van der Waals surface area contributed by atoms with Crippen molar-refractivity contribution in [3.05, 3.63) is 24.4 Å². The van der Waals surface area contributed by atoms with Gasteiger partial charge in [-0.1, -0.05) is 12.7 Å². The summed E-state index contributed by atoms with van der Waals surface area (Å²) in [4.78, 5) is 10.4. The monoisotopic (exact) mass is 109 g/mol. The van der Waals surface area contributed by atoms with E-state index in [1.165, 1.54) is 0 Å². The Labute approximate surface area is 47.9 Å². The molecule has 42 valence electrons. The molecule has 0 atom stereocenters. The van der Waals surface area contributed by atoms with Crippen LogP contribution in [-0.4, -0.2) is 5.91 Å². The molecule has 1 heterocycles. The van der Waals surface area contributed by atoms with Gasteiger partial charge in [0, 0.05) is 12.1 Å². The Morgan fingerprint density at radius 2 is 2.62 bits per heavy atom. The molecule has 0 aromatic carbocycles. The van der Waals surface area contributed by atoms with Gasteiger partial charge in [0.15, 0.2) is 0 Å². The van der Waals surface area contributed by atoms with Crippen LogP contribution in [0, 0.1) is 0 Å². The Balaban J connectivity index is 2.61. The molecule has 1 aliphatic heterocycles. The van der Waals surface area contributed by atoms with Crippen LogP contribution >= 0.6 is 0 Å². The summed E-state index contributed by atoms with van der Waals surface area (Å²) >= 11 is 0. The van der Waals surface area contributed by atoms with Crippen molar-refractivity contribution in [3.8, 4) is 0 Å². The molecule has 0 saturated carbocycles. The zero-order valence-electron chi connectivity index (χ0n) is 4.48. The summed E-state index contributed by atoms with van der Waals surface area (Å²) < 4.78 is 0. The Bertz CT molecular complexity index is 158. The quantitative estimate of drug-likeness (QED) is 0.524. The lowest BCUT2D eigenvalue weighted by molar-refractivity contribution is -0.118. The van der Waals surface area contributed by atoms with Crippen molar-refractivity contribution in [1.82, 2.24) is 5.32 Å². The molecule has 1 aliphatic rings. The van der Waals surface area contributed by atoms with Gasteiger partial charge in [-0.3, -0.25) is 4.79 Å². The third kappa shape index (κ3) is 0.780. The van der Waals surface area contributed by atoms with Gasteiger partial charge in [-0.2, -0.15) is 0 Å². The second-order valence-corrected chi connectivity index (χ2v) is 1.62. The van der Waals surface area contributed by atoms with E-state index in [1.54, 1.807) is 6.08 Å². The maximum absolute atomic E-state index is 10.4. The highest BCUT2D eigenvalue weighted by molar-refractivity contribution is 5.83. The average molecular weight is 109 g/mol. The molecule has 0 aromatic rings. The maximum atomic E-state index is 10.4. The third-order valence-electron chi connectivity index (χ3n) is 1.01. The highest BCUT2D eigenvalue weighted by Gasteiger charge is 2.06. The van der Waals surface area contributed by atoms with Crippen molar-refractivity contribution in [2.45, 2.75) is 6.42 Å². The smallest absolute Gasteiger partial charge is 0.228 e. The number of carbonyl (C=O) groups excluding carboxylic acids is 1. The molecular formula is C6H7NO. The summed E-state index contributed by atoms with van der Waals surface area (Å²) in [7, 11) is 0. The molecule has 1 amide bonds. The second-order valence-electron chi connectivity index (χ2n) is 1.62. The second kappa shape index (κ2) is 1.82. The van der Waals surface area contributed by atoms with Crippen LogP contribution in [0.2, 0.25) is 0 Å². The third-order valence-corrected chi connectivity index (χ3v) is 1.01. The molecule has 8 heavy (non-hydrogen) atoms. The van der Waals surface area contributed by atoms with E-state index in [0.29, 0.717) is 6.42 Å². The van der Waals surface area contributed by atoms with Gasteiger partial charge in [0.05, 0.1) is 0 Å². The molecule has 0 aromatic heterocycles. The molecule has 0 spiro atoms. The van der Waals surface area contributed by atoms with Crippen LogP contribution in [0.3, 0.4) is 0 Å². The van der Waals surface area contributed by atoms with Crippen molar-refractivity contribution in [3.63, 3.8) is 0 Å². The molecule has 0 saturated heterocycles. The van der Waals surface area contributed by atoms with E-state index in [9.17, 15) is 4.79 Å². The highest BCUT2D eigenvalue weighted by Crippen LogP contribution is 2.01. The van der Waals surface area contributed by atoms with E-state index in [1.807, 2.05) is 6.08 Å². The minimum atomic E-state index is 0.0555. The lowest BCUT2D eigenvalue weighted by atomic mass is 10.4. The van der Waals surface area contributed by atoms with E-state index >= 15 is 0 Å². The Kier molecular flexibility index (Phi) is 1.16. The first-order valence-corrected chi connectivity index (χ1v) is 2.45. The minimum Gasteiger partial charge on any atom is -0.326 e. The Morgan fingerprint density at radius 1 is 1.88 bits per heavy atom. The predicted molar refractivity (Wildman–Crippen MR) is 31.0 cm³/mol. The van der Waals surface area contributed by atoms with Crippen molar-refractivity contribution in [2.75, 3.05) is 0 Å². The molecule has 0 unspecified atom stereocenters. The first kappa shape index (κ1) is 5.09. The number of hydrogen-bond donors (Lipinski definition) is 1. The molecule has 0 aliphatic carbocycles. The lowest BCUT2D eigenvalue weighted by Crippen LogP contribution is -2.13. The number of allylic oxidation sites excluding steroid dienone is 1. The van der Waals surface area contributed by atoms with Crippen molar-refractivity contribution < 1.29 is 4.79 Å². The molecule has 0 radical (unpaired) electrons. The van der Waals surface area contributed by atoms with E-state index in [2.05, 4.69) is 11.9 Å². The van der Waals surface area contributed by atoms with E-state index < -0.39 is 0 Å². The summed E-state index contributed by atoms with van der Waals surface area (Å²) in [6.45, 7) is 3.49. The number of hydrogen-bond acceptors (Lipinski definition) is 1. The van der Waals surface area contributed by atoms with Gasteiger partial charge in [0.2, 0.25) is 5.91 Å². The minimum absolute atomic E-state index is 0.0555. The Morgan fingerprint density at radius 3 is 2.88 bits per heavy atom. The van der Waals surface area contributed by atoms with Gasteiger partial charge >= 0.3 is 0 Å². The van der Waals surface area contributed by atoms with E-state index in [-0.39, 0.29) is 5.91 Å². The van der Waals surface area contributed by atoms with Crippen LogP contribution in [0.4, 0.5) is 0 Å². The standard InChI is InChI=1S/C6H7NO/c1-2-5-3-4-6(8)7-5/h2-3H,1,4H2,(H,7,8). The first-order valence-electron chi connectivity index (χ1n) is 2.45. The van der Waals surface area contributed by atoms with Crippen LogP contribution in [0.5, 0.6) is 0 Å². The van der Waals surface area contributed by atoms with Crippen LogP contribution in [0.15, 0.2) is 24.4 Å². The SMILES string of the molecule is C=CC1=CCC(=O)N1.